The standard InChI is InChI=1S/C17H30O5/c1-2-3-4-5-6-12(18)7-13(19)8-14-9-15-10-16(21-14)11-17(20)22-15/h12-16,18-19H,2-11H2,1H3/t12-,13-,14-,15-,16+/m1/s1. The highest BCUT2D eigenvalue weighted by atomic mass is 16.6. The Labute approximate surface area is 133 Å². The first kappa shape index (κ1) is 17.7. The molecule has 5 heteroatoms. The first-order valence-corrected chi connectivity index (χ1v) is 8.77. The number of hydrogen-bond donors (Lipinski definition) is 2. The molecule has 128 valence electrons. The lowest BCUT2D eigenvalue weighted by atomic mass is 9.92. The highest BCUT2D eigenvalue weighted by molar-refractivity contribution is 5.71. The van der Waals surface area contributed by atoms with Crippen molar-refractivity contribution < 1.29 is 24.5 Å². The quantitative estimate of drug-likeness (QED) is 0.504. The van der Waals surface area contributed by atoms with Crippen LogP contribution in [0, 0.1) is 0 Å². The number of carbonyl (C=O) groups is 1. The molecule has 0 radical (unpaired) electrons. The predicted octanol–water partition coefficient (Wildman–Crippen LogP) is 2.32. The second-order valence-corrected chi connectivity index (χ2v) is 6.80. The zero-order chi connectivity index (χ0) is 15.9. The largest absolute Gasteiger partial charge is 0.462 e. The maximum atomic E-state index is 11.3. The van der Waals surface area contributed by atoms with E-state index in [0.29, 0.717) is 25.7 Å². The fraction of sp³-hybridized carbons (Fsp3) is 0.941. The molecule has 0 aromatic carbocycles. The molecule has 0 aromatic heterocycles. The number of aliphatic hydroxyl groups is 2. The van der Waals surface area contributed by atoms with E-state index in [1.807, 2.05) is 0 Å². The molecular formula is C17H30O5. The summed E-state index contributed by atoms with van der Waals surface area (Å²) >= 11 is 0. The van der Waals surface area contributed by atoms with Crippen LogP contribution in [0.4, 0.5) is 0 Å². The number of esters is 1. The van der Waals surface area contributed by atoms with Gasteiger partial charge < -0.3 is 19.7 Å². The van der Waals surface area contributed by atoms with E-state index >= 15 is 0 Å². The van der Waals surface area contributed by atoms with Crippen molar-refractivity contribution in [3.05, 3.63) is 0 Å². The molecule has 5 nitrogen and oxygen atoms in total. The molecule has 2 saturated heterocycles. The van der Waals surface area contributed by atoms with Crippen molar-refractivity contribution >= 4 is 5.97 Å². The van der Waals surface area contributed by atoms with Gasteiger partial charge in [0.1, 0.15) is 6.10 Å². The molecule has 2 N–H and O–H groups in total. The molecule has 0 spiro atoms. The SMILES string of the molecule is CCCCCC[C@@H](O)C[C@@H](O)C[C@@H]1C[C@@H]2C[C@@H](CC(=O)O2)O1. The van der Waals surface area contributed by atoms with Gasteiger partial charge in [0.25, 0.3) is 0 Å². The fourth-order valence-electron chi connectivity index (χ4n) is 3.50. The van der Waals surface area contributed by atoms with Crippen molar-refractivity contribution in [3.8, 4) is 0 Å². The molecule has 5 atom stereocenters. The van der Waals surface area contributed by atoms with Crippen LogP contribution in [0.1, 0.15) is 71.1 Å². The molecule has 0 aromatic rings. The fourth-order valence-corrected chi connectivity index (χ4v) is 3.50. The normalized spacial score (nSPS) is 30.7. The van der Waals surface area contributed by atoms with Crippen molar-refractivity contribution in [3.63, 3.8) is 0 Å². The number of fused-ring (bicyclic) bond motifs is 2. The molecule has 2 aliphatic rings. The average Bonchev–Trinajstić information content (AvgIpc) is 2.42. The van der Waals surface area contributed by atoms with Gasteiger partial charge in [0.05, 0.1) is 30.8 Å². The molecule has 2 fully saturated rings. The van der Waals surface area contributed by atoms with Crippen LogP contribution in [0.3, 0.4) is 0 Å². The van der Waals surface area contributed by atoms with Crippen LogP contribution >= 0.6 is 0 Å². The second-order valence-electron chi connectivity index (χ2n) is 6.80. The number of carbonyl (C=O) groups excluding carboxylic acids is 1. The lowest BCUT2D eigenvalue weighted by Gasteiger charge is -2.39. The minimum absolute atomic E-state index is 0.0591. The summed E-state index contributed by atoms with van der Waals surface area (Å²) in [4.78, 5) is 11.3. The van der Waals surface area contributed by atoms with Crippen molar-refractivity contribution in [1.82, 2.24) is 0 Å². The van der Waals surface area contributed by atoms with E-state index in [4.69, 9.17) is 9.47 Å². The van der Waals surface area contributed by atoms with Crippen molar-refractivity contribution in [1.29, 1.82) is 0 Å². The Bertz CT molecular complexity index is 330. The molecule has 0 saturated carbocycles. The summed E-state index contributed by atoms with van der Waals surface area (Å²) in [6, 6.07) is 0. The van der Waals surface area contributed by atoms with Gasteiger partial charge in [-0.05, 0) is 19.3 Å². The maximum absolute atomic E-state index is 11.3. The van der Waals surface area contributed by atoms with E-state index in [2.05, 4.69) is 6.92 Å². The molecule has 0 amide bonds. The molecule has 0 aliphatic carbocycles. The van der Waals surface area contributed by atoms with E-state index in [1.165, 1.54) is 12.8 Å². The van der Waals surface area contributed by atoms with Gasteiger partial charge in [-0.1, -0.05) is 32.6 Å². The van der Waals surface area contributed by atoms with Crippen LogP contribution in [-0.2, 0) is 14.3 Å². The van der Waals surface area contributed by atoms with Gasteiger partial charge >= 0.3 is 5.97 Å². The first-order chi connectivity index (χ1) is 10.6. The Kier molecular flexibility index (Phi) is 7.12. The molecule has 2 bridgehead atoms. The van der Waals surface area contributed by atoms with Gasteiger partial charge in [0.15, 0.2) is 0 Å². The van der Waals surface area contributed by atoms with E-state index < -0.39 is 12.2 Å². The predicted molar refractivity (Wildman–Crippen MR) is 82.4 cm³/mol. The zero-order valence-electron chi connectivity index (χ0n) is 13.6. The summed E-state index contributed by atoms with van der Waals surface area (Å²) in [5.41, 5.74) is 0. The first-order valence-electron chi connectivity index (χ1n) is 8.77. The Morgan fingerprint density at radius 2 is 1.95 bits per heavy atom. The van der Waals surface area contributed by atoms with Crippen molar-refractivity contribution in [2.24, 2.45) is 0 Å². The minimum atomic E-state index is -0.555. The van der Waals surface area contributed by atoms with Crippen LogP contribution in [-0.4, -0.2) is 46.7 Å². The highest BCUT2D eigenvalue weighted by Crippen LogP contribution is 2.31. The Morgan fingerprint density at radius 3 is 2.68 bits per heavy atom. The molecule has 22 heavy (non-hydrogen) atoms. The topological polar surface area (TPSA) is 76.0 Å². The van der Waals surface area contributed by atoms with E-state index in [1.54, 1.807) is 0 Å². The highest BCUT2D eigenvalue weighted by Gasteiger charge is 2.38. The van der Waals surface area contributed by atoms with Crippen LogP contribution in [0.5, 0.6) is 0 Å². The number of rotatable bonds is 9. The van der Waals surface area contributed by atoms with Gasteiger partial charge in [-0.2, -0.15) is 0 Å². The lowest BCUT2D eigenvalue weighted by molar-refractivity contribution is -0.186. The summed E-state index contributed by atoms with van der Waals surface area (Å²) in [6.07, 6.45) is 6.79. The molecule has 2 heterocycles. The van der Waals surface area contributed by atoms with Crippen molar-refractivity contribution in [2.45, 2.75) is 102 Å². The third kappa shape index (κ3) is 5.86. The summed E-state index contributed by atoms with van der Waals surface area (Å²) < 4.78 is 11.1. The number of aliphatic hydroxyl groups excluding tert-OH is 2. The van der Waals surface area contributed by atoms with Gasteiger partial charge in [-0.3, -0.25) is 4.79 Å². The molecular weight excluding hydrogens is 284 g/mol. The molecule has 0 unspecified atom stereocenters. The molecule has 2 rings (SSSR count). The van der Waals surface area contributed by atoms with Crippen LogP contribution in [0.2, 0.25) is 0 Å². The van der Waals surface area contributed by atoms with E-state index in [9.17, 15) is 15.0 Å². The second kappa shape index (κ2) is 8.85. The van der Waals surface area contributed by atoms with Gasteiger partial charge in [0.2, 0.25) is 0 Å². The van der Waals surface area contributed by atoms with Gasteiger partial charge in [-0.25, -0.2) is 0 Å². The number of unbranched alkanes of at least 4 members (excludes halogenated alkanes) is 3. The summed E-state index contributed by atoms with van der Waals surface area (Å²) in [6.45, 7) is 2.16. The third-order valence-electron chi connectivity index (χ3n) is 4.60. The summed E-state index contributed by atoms with van der Waals surface area (Å²) in [7, 11) is 0. The van der Waals surface area contributed by atoms with Crippen molar-refractivity contribution in [2.75, 3.05) is 0 Å². The number of hydrogen-bond acceptors (Lipinski definition) is 5. The van der Waals surface area contributed by atoms with Gasteiger partial charge in [-0.15, -0.1) is 0 Å². The van der Waals surface area contributed by atoms with Crippen LogP contribution in [0.25, 0.3) is 0 Å². The average molecular weight is 314 g/mol. The zero-order valence-corrected chi connectivity index (χ0v) is 13.6. The maximum Gasteiger partial charge on any atom is 0.308 e. The Balaban J connectivity index is 1.64. The Hall–Kier alpha value is -0.650. The van der Waals surface area contributed by atoms with E-state index in [0.717, 1.165) is 25.7 Å². The Morgan fingerprint density at radius 1 is 1.14 bits per heavy atom. The lowest BCUT2D eigenvalue weighted by Crippen LogP contribution is -2.44. The van der Waals surface area contributed by atoms with Crippen LogP contribution < -0.4 is 0 Å². The smallest absolute Gasteiger partial charge is 0.308 e. The monoisotopic (exact) mass is 314 g/mol. The summed E-state index contributed by atoms with van der Waals surface area (Å²) in [5, 5.41) is 20.1. The third-order valence-corrected chi connectivity index (χ3v) is 4.60. The van der Waals surface area contributed by atoms with Crippen LogP contribution in [0.15, 0.2) is 0 Å². The van der Waals surface area contributed by atoms with Gasteiger partial charge in [0, 0.05) is 12.8 Å². The minimum Gasteiger partial charge on any atom is -0.462 e. The number of ether oxygens (including phenoxy) is 2. The summed E-state index contributed by atoms with van der Waals surface area (Å²) in [5.74, 6) is -0.178. The van der Waals surface area contributed by atoms with E-state index in [-0.39, 0.29) is 24.3 Å². The molecule has 2 aliphatic heterocycles.